The first-order valence-corrected chi connectivity index (χ1v) is 8.81. The molecule has 3 nitrogen and oxygen atoms in total. The monoisotopic (exact) mass is 327 g/mol. The number of hydrogen-bond donors (Lipinski definition) is 1. The van der Waals surface area contributed by atoms with Crippen LogP contribution in [0.1, 0.15) is 12.8 Å². The molecule has 1 N–H and O–H groups in total. The lowest BCUT2D eigenvalue weighted by molar-refractivity contribution is -0.0436. The minimum Gasteiger partial charge on any atom is -0.385 e. The second-order valence-electron chi connectivity index (χ2n) is 4.10. The fourth-order valence-corrected chi connectivity index (χ4v) is 2.74. The van der Waals surface area contributed by atoms with Crippen molar-refractivity contribution in [2.75, 3.05) is 23.9 Å². The van der Waals surface area contributed by atoms with Crippen molar-refractivity contribution in [3.8, 4) is 0 Å². The van der Waals surface area contributed by atoms with Crippen LogP contribution in [0.2, 0.25) is 0 Å². The predicted octanol–water partition coefficient (Wildman–Crippen LogP) is 3.54. The third-order valence-electron chi connectivity index (χ3n) is 2.57. The summed E-state index contributed by atoms with van der Waals surface area (Å²) in [6.07, 6.45) is 4.02. The van der Waals surface area contributed by atoms with Crippen molar-refractivity contribution in [1.29, 1.82) is 0 Å². The number of alkyl halides is 3. The average molecular weight is 327 g/mol. The zero-order valence-electron chi connectivity index (χ0n) is 10.9. The molecule has 0 aliphatic carbocycles. The molecule has 0 saturated heterocycles. The Morgan fingerprint density at radius 3 is 2.25 bits per heavy atom. The molecule has 1 rings (SSSR count). The normalized spacial score (nSPS) is 12.4. The summed E-state index contributed by atoms with van der Waals surface area (Å²) in [5, 5.41) is 3.04. The van der Waals surface area contributed by atoms with E-state index in [0.29, 0.717) is 12.2 Å². The van der Waals surface area contributed by atoms with Gasteiger partial charge in [-0.15, -0.1) is 0 Å². The number of sulfone groups is 1. The van der Waals surface area contributed by atoms with Gasteiger partial charge in [-0.2, -0.15) is 24.9 Å². The van der Waals surface area contributed by atoms with Gasteiger partial charge in [-0.1, -0.05) is 0 Å². The van der Waals surface area contributed by atoms with Gasteiger partial charge in [0.15, 0.2) is 0 Å². The molecule has 1 aromatic carbocycles. The van der Waals surface area contributed by atoms with Crippen LogP contribution in [-0.4, -0.2) is 32.5 Å². The third kappa shape index (κ3) is 4.59. The molecule has 114 valence electrons. The smallest absolute Gasteiger partial charge is 0.385 e. The van der Waals surface area contributed by atoms with Crippen LogP contribution in [-0.2, 0) is 9.84 Å². The number of benzene rings is 1. The maximum absolute atomic E-state index is 12.3. The van der Waals surface area contributed by atoms with E-state index in [4.69, 9.17) is 0 Å². The number of nitrogens with one attached hydrogen (secondary N) is 1. The van der Waals surface area contributed by atoms with Crippen LogP contribution in [0.4, 0.5) is 18.9 Å². The predicted molar refractivity (Wildman–Crippen MR) is 75.8 cm³/mol. The number of thioether (sulfide) groups is 1. The van der Waals surface area contributed by atoms with Crippen molar-refractivity contribution in [3.63, 3.8) is 0 Å². The van der Waals surface area contributed by atoms with E-state index in [9.17, 15) is 21.6 Å². The van der Waals surface area contributed by atoms with Gasteiger partial charge in [0.1, 0.15) is 0 Å². The summed E-state index contributed by atoms with van der Waals surface area (Å²) >= 11 is 1.75. The minimum atomic E-state index is -5.26. The molecule has 1 aromatic rings. The van der Waals surface area contributed by atoms with Gasteiger partial charge >= 0.3 is 5.51 Å². The van der Waals surface area contributed by atoms with Gasteiger partial charge < -0.3 is 5.32 Å². The summed E-state index contributed by atoms with van der Waals surface area (Å²) in [5.41, 5.74) is -4.66. The van der Waals surface area contributed by atoms with Gasteiger partial charge in [0.25, 0.3) is 9.84 Å². The van der Waals surface area contributed by atoms with Crippen LogP contribution in [0.3, 0.4) is 0 Å². The lowest BCUT2D eigenvalue weighted by Gasteiger charge is -2.10. The fraction of sp³-hybridized carbons (Fsp3) is 0.500. The lowest BCUT2D eigenvalue weighted by atomic mass is 10.3. The minimum absolute atomic E-state index is 0.607. The lowest BCUT2D eigenvalue weighted by Crippen LogP contribution is -2.23. The number of halogens is 3. The van der Waals surface area contributed by atoms with Crippen molar-refractivity contribution >= 4 is 27.3 Å². The number of rotatable bonds is 7. The van der Waals surface area contributed by atoms with E-state index < -0.39 is 20.2 Å². The van der Waals surface area contributed by atoms with Crippen molar-refractivity contribution in [1.82, 2.24) is 0 Å². The summed E-state index contributed by atoms with van der Waals surface area (Å²) < 4.78 is 59.3. The Morgan fingerprint density at radius 2 is 1.75 bits per heavy atom. The molecule has 0 atom stereocenters. The Kier molecular flexibility index (Phi) is 6.19. The highest BCUT2D eigenvalue weighted by Crippen LogP contribution is 2.30. The highest BCUT2D eigenvalue weighted by molar-refractivity contribution is 7.98. The summed E-state index contributed by atoms with van der Waals surface area (Å²) in [4.78, 5) is -0.738. The molecular weight excluding hydrogens is 311 g/mol. The van der Waals surface area contributed by atoms with Crippen LogP contribution >= 0.6 is 11.8 Å². The Hall–Kier alpha value is -0.890. The number of anilines is 1. The van der Waals surface area contributed by atoms with Crippen LogP contribution in [0, 0.1) is 0 Å². The molecule has 0 saturated carbocycles. The molecule has 0 aliphatic heterocycles. The molecule has 20 heavy (non-hydrogen) atoms. The third-order valence-corrected chi connectivity index (χ3v) is 4.77. The standard InChI is InChI=1S/C12H16F3NO2S2/c1-19-9-3-2-8-16-10-4-6-11(7-5-10)20(17,18)12(13,14)15/h4-7,16H,2-3,8-9H2,1H3. The van der Waals surface area contributed by atoms with E-state index in [0.717, 1.165) is 30.7 Å². The topological polar surface area (TPSA) is 46.2 Å². The van der Waals surface area contributed by atoms with Crippen LogP contribution < -0.4 is 5.32 Å². The maximum atomic E-state index is 12.3. The average Bonchev–Trinajstić information content (AvgIpc) is 2.38. The van der Waals surface area contributed by atoms with Gasteiger partial charge in [0, 0.05) is 12.2 Å². The molecule has 0 fully saturated rings. The molecule has 0 aromatic heterocycles. The molecule has 0 bridgehead atoms. The SMILES string of the molecule is CSCCCCNc1ccc(S(=O)(=O)C(F)(F)F)cc1. The van der Waals surface area contributed by atoms with E-state index in [1.165, 1.54) is 12.1 Å². The molecule has 0 radical (unpaired) electrons. The zero-order chi connectivity index (χ0) is 15.2. The molecule has 0 aliphatic rings. The van der Waals surface area contributed by atoms with Crippen molar-refractivity contribution < 1.29 is 21.6 Å². The highest BCUT2D eigenvalue weighted by atomic mass is 32.2. The molecule has 8 heteroatoms. The van der Waals surface area contributed by atoms with E-state index >= 15 is 0 Å². The van der Waals surface area contributed by atoms with Crippen molar-refractivity contribution in [2.24, 2.45) is 0 Å². The fourth-order valence-electron chi connectivity index (χ4n) is 1.49. The van der Waals surface area contributed by atoms with Crippen molar-refractivity contribution in [2.45, 2.75) is 23.2 Å². The van der Waals surface area contributed by atoms with Gasteiger partial charge in [-0.25, -0.2) is 8.42 Å². The molecule has 0 spiro atoms. The first kappa shape index (κ1) is 17.2. The number of unbranched alkanes of at least 4 members (excludes halogenated alkanes) is 1. The van der Waals surface area contributed by atoms with Gasteiger partial charge in [-0.3, -0.25) is 0 Å². The second-order valence-corrected chi connectivity index (χ2v) is 7.03. The largest absolute Gasteiger partial charge is 0.501 e. The van der Waals surface area contributed by atoms with E-state index in [1.807, 2.05) is 6.26 Å². The summed E-state index contributed by atoms with van der Waals surface area (Å²) in [7, 11) is -5.26. The number of hydrogen-bond acceptors (Lipinski definition) is 4. The zero-order valence-corrected chi connectivity index (χ0v) is 12.5. The van der Waals surface area contributed by atoms with Gasteiger partial charge in [-0.05, 0) is 49.1 Å². The second kappa shape index (κ2) is 7.21. The molecule has 0 heterocycles. The van der Waals surface area contributed by atoms with E-state index in [2.05, 4.69) is 5.32 Å². The van der Waals surface area contributed by atoms with Crippen LogP contribution in [0.25, 0.3) is 0 Å². The Labute approximate surface area is 120 Å². The van der Waals surface area contributed by atoms with Crippen molar-refractivity contribution in [3.05, 3.63) is 24.3 Å². The van der Waals surface area contributed by atoms with Crippen LogP contribution in [0.15, 0.2) is 29.2 Å². The Morgan fingerprint density at radius 1 is 1.15 bits per heavy atom. The van der Waals surface area contributed by atoms with Gasteiger partial charge in [0.05, 0.1) is 4.90 Å². The molecule has 0 unspecified atom stereocenters. The van der Waals surface area contributed by atoms with Gasteiger partial charge in [0.2, 0.25) is 0 Å². The Balaban J connectivity index is 2.61. The highest BCUT2D eigenvalue weighted by Gasteiger charge is 2.46. The van der Waals surface area contributed by atoms with Crippen LogP contribution in [0.5, 0.6) is 0 Å². The summed E-state index contributed by atoms with van der Waals surface area (Å²) in [5.74, 6) is 1.06. The summed E-state index contributed by atoms with van der Waals surface area (Å²) in [6.45, 7) is 0.700. The quantitative estimate of drug-likeness (QED) is 0.778. The first-order chi connectivity index (χ1) is 9.29. The Bertz CT molecular complexity index is 512. The first-order valence-electron chi connectivity index (χ1n) is 5.93. The van der Waals surface area contributed by atoms with E-state index in [1.54, 1.807) is 11.8 Å². The molecular formula is C12H16F3NO2S2. The molecule has 0 amide bonds. The summed E-state index contributed by atoms with van der Waals surface area (Å²) in [6, 6.07) is 4.61. The van der Waals surface area contributed by atoms with E-state index in [-0.39, 0.29) is 0 Å². The maximum Gasteiger partial charge on any atom is 0.501 e.